The topological polar surface area (TPSA) is 49.4 Å². The first-order valence-corrected chi connectivity index (χ1v) is 11.2. The van der Waals surface area contributed by atoms with Gasteiger partial charge >= 0.3 is 0 Å². The van der Waals surface area contributed by atoms with Gasteiger partial charge < -0.3 is 10.2 Å². The number of benzene rings is 2. The molecule has 0 unspecified atom stereocenters. The van der Waals surface area contributed by atoms with E-state index in [0.717, 1.165) is 35.1 Å². The molecule has 0 saturated heterocycles. The summed E-state index contributed by atoms with van der Waals surface area (Å²) in [7, 11) is 0. The van der Waals surface area contributed by atoms with Crippen molar-refractivity contribution in [2.24, 2.45) is 0 Å². The first-order chi connectivity index (χ1) is 14.5. The summed E-state index contributed by atoms with van der Waals surface area (Å²) in [4.78, 5) is 28.4. The Morgan fingerprint density at radius 3 is 2.47 bits per heavy atom. The van der Waals surface area contributed by atoms with E-state index in [4.69, 9.17) is 0 Å². The monoisotopic (exact) mass is 406 g/mol. The molecule has 4 heteroatoms. The Labute approximate surface area is 180 Å². The van der Waals surface area contributed by atoms with Crippen molar-refractivity contribution >= 4 is 11.8 Å². The van der Waals surface area contributed by atoms with Gasteiger partial charge in [-0.05, 0) is 49.8 Å². The van der Waals surface area contributed by atoms with Crippen LogP contribution in [0, 0.1) is 13.8 Å². The van der Waals surface area contributed by atoms with E-state index in [1.165, 1.54) is 12.8 Å². The van der Waals surface area contributed by atoms with E-state index >= 15 is 0 Å². The number of carbonyl (C=O) groups is 2. The van der Waals surface area contributed by atoms with Crippen molar-refractivity contribution in [2.45, 2.75) is 77.9 Å². The van der Waals surface area contributed by atoms with Gasteiger partial charge in [-0.3, -0.25) is 9.59 Å². The van der Waals surface area contributed by atoms with Gasteiger partial charge in [-0.25, -0.2) is 0 Å². The second-order valence-corrected chi connectivity index (χ2v) is 8.53. The highest BCUT2D eigenvalue weighted by Crippen LogP contribution is 2.20. The van der Waals surface area contributed by atoms with Crippen molar-refractivity contribution in [3.8, 4) is 0 Å². The molecule has 30 heavy (non-hydrogen) atoms. The van der Waals surface area contributed by atoms with Gasteiger partial charge in [-0.15, -0.1) is 0 Å². The van der Waals surface area contributed by atoms with Crippen LogP contribution in [0.4, 0.5) is 0 Å². The highest BCUT2D eigenvalue weighted by Gasteiger charge is 2.30. The van der Waals surface area contributed by atoms with Gasteiger partial charge in [-0.1, -0.05) is 73.9 Å². The summed E-state index contributed by atoms with van der Waals surface area (Å²) in [6, 6.07) is 15.9. The van der Waals surface area contributed by atoms with Gasteiger partial charge in [-0.2, -0.15) is 0 Å². The lowest BCUT2D eigenvalue weighted by atomic mass is 10.0. The molecule has 0 radical (unpaired) electrons. The molecule has 1 fully saturated rings. The molecule has 2 aromatic rings. The fourth-order valence-electron chi connectivity index (χ4n) is 4.37. The Morgan fingerprint density at radius 1 is 1.07 bits per heavy atom. The summed E-state index contributed by atoms with van der Waals surface area (Å²) in [5.41, 5.74) is 4.33. The number of carbonyl (C=O) groups excluding carboxylic acids is 2. The minimum absolute atomic E-state index is 0.000715. The lowest BCUT2D eigenvalue weighted by Gasteiger charge is -2.32. The summed E-state index contributed by atoms with van der Waals surface area (Å²) < 4.78 is 0. The predicted octanol–water partition coefficient (Wildman–Crippen LogP) is 4.71. The van der Waals surface area contributed by atoms with Gasteiger partial charge in [0.05, 0.1) is 6.42 Å². The summed E-state index contributed by atoms with van der Waals surface area (Å²) >= 11 is 0. The zero-order valence-corrected chi connectivity index (χ0v) is 18.5. The van der Waals surface area contributed by atoms with Crippen molar-refractivity contribution in [1.29, 1.82) is 0 Å². The Balaban J connectivity index is 1.83. The fourth-order valence-corrected chi connectivity index (χ4v) is 4.37. The van der Waals surface area contributed by atoms with E-state index < -0.39 is 6.04 Å². The number of nitrogens with one attached hydrogen (secondary N) is 1. The number of amides is 2. The van der Waals surface area contributed by atoms with E-state index in [1.54, 1.807) is 4.90 Å². The number of aryl methyl sites for hydroxylation is 2. The number of hydrogen-bond acceptors (Lipinski definition) is 2. The van der Waals surface area contributed by atoms with Crippen LogP contribution >= 0.6 is 0 Å². The average molecular weight is 407 g/mol. The van der Waals surface area contributed by atoms with Crippen LogP contribution in [0.1, 0.15) is 61.3 Å². The normalized spacial score (nSPS) is 15.0. The third-order valence-electron chi connectivity index (χ3n) is 6.13. The molecular weight excluding hydrogens is 372 g/mol. The van der Waals surface area contributed by atoms with E-state index in [9.17, 15) is 9.59 Å². The van der Waals surface area contributed by atoms with E-state index in [2.05, 4.69) is 11.4 Å². The lowest BCUT2D eigenvalue weighted by Crippen LogP contribution is -2.51. The quantitative estimate of drug-likeness (QED) is 0.690. The van der Waals surface area contributed by atoms with Gasteiger partial charge in [0.25, 0.3) is 0 Å². The fraction of sp³-hybridized carbons (Fsp3) is 0.462. The highest BCUT2D eigenvalue weighted by molar-refractivity contribution is 5.88. The van der Waals surface area contributed by atoms with Crippen LogP contribution in [-0.2, 0) is 22.6 Å². The van der Waals surface area contributed by atoms with Crippen molar-refractivity contribution in [3.63, 3.8) is 0 Å². The molecule has 3 rings (SSSR count). The molecule has 2 aromatic carbocycles. The van der Waals surface area contributed by atoms with Crippen LogP contribution in [0.5, 0.6) is 0 Å². The largest absolute Gasteiger partial charge is 0.352 e. The maximum absolute atomic E-state index is 13.4. The van der Waals surface area contributed by atoms with E-state index in [1.807, 2.05) is 63.2 Å². The molecule has 1 aliphatic carbocycles. The molecule has 0 aliphatic heterocycles. The lowest BCUT2D eigenvalue weighted by molar-refractivity contribution is -0.141. The SMILES string of the molecule is CC[C@@H](C(=O)NC1CCCC1)N(Cc1cccc(C)c1)C(=O)Cc1ccccc1C. The standard InChI is InChI=1S/C26H34N2O2/c1-4-24(26(30)27-23-14-7-8-15-23)28(18-21-12-9-10-19(2)16-21)25(29)17-22-13-6-5-11-20(22)3/h5-6,9-13,16,23-24H,4,7-8,14-15,17-18H2,1-3H3,(H,27,30)/t24-/m0/s1. The number of nitrogens with zero attached hydrogens (tertiary/aromatic N) is 1. The van der Waals surface area contributed by atoms with Crippen molar-refractivity contribution in [1.82, 2.24) is 10.2 Å². The molecule has 2 amide bonds. The summed E-state index contributed by atoms with van der Waals surface area (Å²) in [5.74, 6) is -0.0191. The molecule has 1 aliphatic rings. The average Bonchev–Trinajstić information content (AvgIpc) is 3.22. The summed E-state index contributed by atoms with van der Waals surface area (Å²) in [6.45, 7) is 6.51. The Bertz CT molecular complexity index is 871. The van der Waals surface area contributed by atoms with Gasteiger partial charge in [0.2, 0.25) is 11.8 Å². The van der Waals surface area contributed by atoms with Crippen molar-refractivity contribution in [2.75, 3.05) is 0 Å². The second kappa shape index (κ2) is 10.4. The van der Waals surface area contributed by atoms with Crippen LogP contribution in [0.15, 0.2) is 48.5 Å². The van der Waals surface area contributed by atoms with E-state index in [0.29, 0.717) is 19.4 Å². The Morgan fingerprint density at radius 2 is 1.80 bits per heavy atom. The molecule has 1 N–H and O–H groups in total. The first-order valence-electron chi connectivity index (χ1n) is 11.2. The minimum atomic E-state index is -0.456. The number of hydrogen-bond donors (Lipinski definition) is 1. The minimum Gasteiger partial charge on any atom is -0.352 e. The predicted molar refractivity (Wildman–Crippen MR) is 121 cm³/mol. The van der Waals surface area contributed by atoms with Gasteiger partial charge in [0.1, 0.15) is 6.04 Å². The zero-order valence-electron chi connectivity index (χ0n) is 18.5. The van der Waals surface area contributed by atoms with Gasteiger partial charge in [0, 0.05) is 12.6 Å². The summed E-state index contributed by atoms with van der Waals surface area (Å²) in [5, 5.41) is 3.20. The summed E-state index contributed by atoms with van der Waals surface area (Å²) in [6.07, 6.45) is 5.33. The smallest absolute Gasteiger partial charge is 0.243 e. The van der Waals surface area contributed by atoms with Crippen LogP contribution in [0.3, 0.4) is 0 Å². The van der Waals surface area contributed by atoms with Gasteiger partial charge in [0.15, 0.2) is 0 Å². The molecule has 4 nitrogen and oxygen atoms in total. The molecule has 0 bridgehead atoms. The number of rotatable bonds is 8. The third kappa shape index (κ3) is 5.71. The molecule has 160 valence electrons. The van der Waals surface area contributed by atoms with E-state index in [-0.39, 0.29) is 17.9 Å². The van der Waals surface area contributed by atoms with Crippen molar-refractivity contribution < 1.29 is 9.59 Å². The van der Waals surface area contributed by atoms with Crippen LogP contribution < -0.4 is 5.32 Å². The molecule has 0 aromatic heterocycles. The van der Waals surface area contributed by atoms with Crippen LogP contribution in [0.25, 0.3) is 0 Å². The van der Waals surface area contributed by atoms with Crippen LogP contribution in [-0.4, -0.2) is 28.8 Å². The van der Waals surface area contributed by atoms with Crippen molar-refractivity contribution in [3.05, 3.63) is 70.8 Å². The Kier molecular flexibility index (Phi) is 7.67. The zero-order chi connectivity index (χ0) is 21.5. The first kappa shape index (κ1) is 22.1. The highest BCUT2D eigenvalue weighted by atomic mass is 16.2. The third-order valence-corrected chi connectivity index (χ3v) is 6.13. The maximum atomic E-state index is 13.4. The maximum Gasteiger partial charge on any atom is 0.243 e. The Hall–Kier alpha value is -2.62. The molecule has 0 heterocycles. The molecular formula is C26H34N2O2. The molecule has 1 saturated carbocycles. The second-order valence-electron chi connectivity index (χ2n) is 8.53. The molecule has 0 spiro atoms. The molecule has 1 atom stereocenters. The van der Waals surface area contributed by atoms with Crippen LogP contribution in [0.2, 0.25) is 0 Å².